The maximum atomic E-state index is 5.49. The smallest absolute Gasteiger partial charge is 0.117 e. The van der Waals surface area contributed by atoms with Crippen molar-refractivity contribution in [1.29, 1.82) is 0 Å². The van der Waals surface area contributed by atoms with Crippen molar-refractivity contribution in [3.63, 3.8) is 0 Å². The largest absolute Gasteiger partial charge is 0.468 e. The first-order chi connectivity index (χ1) is 8.69. The molecule has 4 nitrogen and oxygen atoms in total. The molecule has 2 rings (SSSR count). The number of rotatable bonds is 4. The van der Waals surface area contributed by atoms with E-state index in [0.717, 1.165) is 31.9 Å². The minimum absolute atomic E-state index is 0.551. The Labute approximate surface area is 110 Å². The van der Waals surface area contributed by atoms with Crippen molar-refractivity contribution in [3.8, 4) is 0 Å². The Kier molecular flexibility index (Phi) is 4.80. The fraction of sp³-hybridized carbons (Fsp3) is 0.714. The van der Waals surface area contributed by atoms with Gasteiger partial charge in [0.25, 0.3) is 0 Å². The summed E-state index contributed by atoms with van der Waals surface area (Å²) in [5.74, 6) is 1.76. The predicted molar refractivity (Wildman–Crippen MR) is 73.5 cm³/mol. The Morgan fingerprint density at radius 2 is 2.22 bits per heavy atom. The Hall–Kier alpha value is -0.840. The van der Waals surface area contributed by atoms with Gasteiger partial charge in [-0.2, -0.15) is 0 Å². The highest BCUT2D eigenvalue weighted by atomic mass is 16.3. The van der Waals surface area contributed by atoms with Crippen LogP contribution in [0.15, 0.2) is 22.8 Å². The number of nitrogens with one attached hydrogen (secondary N) is 1. The first-order valence-corrected chi connectivity index (χ1v) is 6.78. The molecule has 2 atom stereocenters. The van der Waals surface area contributed by atoms with Crippen molar-refractivity contribution < 1.29 is 4.42 Å². The van der Waals surface area contributed by atoms with Crippen molar-refractivity contribution in [3.05, 3.63) is 24.2 Å². The van der Waals surface area contributed by atoms with Gasteiger partial charge in [-0.1, -0.05) is 6.92 Å². The van der Waals surface area contributed by atoms with Gasteiger partial charge in [-0.3, -0.25) is 4.90 Å². The molecule has 1 N–H and O–H groups in total. The molecule has 0 aliphatic carbocycles. The molecule has 102 valence electrons. The molecule has 0 amide bonds. The number of likely N-dealkylation sites (N-methyl/N-ethyl adjacent to an activating group) is 2. The summed E-state index contributed by atoms with van der Waals surface area (Å²) in [5, 5.41) is 3.31. The quantitative estimate of drug-likeness (QED) is 0.873. The van der Waals surface area contributed by atoms with E-state index in [1.807, 2.05) is 13.1 Å². The van der Waals surface area contributed by atoms with Crippen LogP contribution in [-0.2, 0) is 6.54 Å². The van der Waals surface area contributed by atoms with Crippen molar-refractivity contribution in [2.24, 2.45) is 5.92 Å². The third-order valence-electron chi connectivity index (χ3n) is 3.59. The van der Waals surface area contributed by atoms with Crippen LogP contribution in [0.2, 0.25) is 0 Å². The third-order valence-corrected chi connectivity index (χ3v) is 3.59. The van der Waals surface area contributed by atoms with Crippen LogP contribution in [0.3, 0.4) is 0 Å². The highest BCUT2D eigenvalue weighted by Gasteiger charge is 2.26. The van der Waals surface area contributed by atoms with E-state index < -0.39 is 0 Å². The molecule has 1 aromatic heterocycles. The molecule has 0 spiro atoms. The molecule has 18 heavy (non-hydrogen) atoms. The van der Waals surface area contributed by atoms with Gasteiger partial charge in [0.1, 0.15) is 5.76 Å². The third kappa shape index (κ3) is 3.57. The van der Waals surface area contributed by atoms with Gasteiger partial charge in [0, 0.05) is 32.2 Å². The van der Waals surface area contributed by atoms with Crippen LogP contribution in [0.5, 0.6) is 0 Å². The van der Waals surface area contributed by atoms with E-state index in [4.69, 9.17) is 4.42 Å². The summed E-state index contributed by atoms with van der Waals surface area (Å²) >= 11 is 0. The second-order valence-corrected chi connectivity index (χ2v) is 5.55. The average Bonchev–Trinajstić information content (AvgIpc) is 2.75. The minimum atomic E-state index is 0.551. The summed E-state index contributed by atoms with van der Waals surface area (Å²) in [4.78, 5) is 4.98. The minimum Gasteiger partial charge on any atom is -0.468 e. The molecular weight excluding hydrogens is 226 g/mol. The standard InChI is InChI=1S/C14H25N3O/c1-12-8-16(3)10-13(7-15-2)17(9-12)11-14-5-4-6-18-14/h4-6,12-13,15H,7-11H2,1-3H3. The van der Waals surface area contributed by atoms with E-state index in [9.17, 15) is 0 Å². The molecule has 1 aromatic rings. The molecule has 2 heterocycles. The molecule has 0 radical (unpaired) electrons. The molecule has 1 saturated heterocycles. The van der Waals surface area contributed by atoms with E-state index >= 15 is 0 Å². The number of hydrogen-bond donors (Lipinski definition) is 1. The normalized spacial score (nSPS) is 27.3. The zero-order chi connectivity index (χ0) is 13.0. The van der Waals surface area contributed by atoms with Crippen LogP contribution in [0, 0.1) is 5.92 Å². The highest BCUT2D eigenvalue weighted by Crippen LogP contribution is 2.16. The highest BCUT2D eigenvalue weighted by molar-refractivity contribution is 4.99. The van der Waals surface area contributed by atoms with E-state index in [1.54, 1.807) is 6.26 Å². The number of hydrogen-bond acceptors (Lipinski definition) is 4. The van der Waals surface area contributed by atoms with E-state index in [1.165, 1.54) is 6.54 Å². The Morgan fingerprint density at radius 3 is 2.89 bits per heavy atom. The number of furan rings is 1. The Morgan fingerprint density at radius 1 is 1.39 bits per heavy atom. The molecule has 2 unspecified atom stereocenters. The number of nitrogens with zero attached hydrogens (tertiary/aromatic N) is 2. The summed E-state index contributed by atoms with van der Waals surface area (Å²) in [5.41, 5.74) is 0. The van der Waals surface area contributed by atoms with Crippen molar-refractivity contribution in [2.75, 3.05) is 40.3 Å². The molecule has 1 aliphatic heterocycles. The van der Waals surface area contributed by atoms with Crippen molar-refractivity contribution >= 4 is 0 Å². The van der Waals surface area contributed by atoms with Crippen LogP contribution in [0.1, 0.15) is 12.7 Å². The summed E-state index contributed by atoms with van der Waals surface area (Å²) in [6, 6.07) is 4.58. The van der Waals surface area contributed by atoms with Crippen LogP contribution < -0.4 is 5.32 Å². The van der Waals surface area contributed by atoms with Crippen LogP contribution in [-0.4, -0.2) is 56.1 Å². The zero-order valence-electron chi connectivity index (χ0n) is 11.7. The maximum absolute atomic E-state index is 5.49. The fourth-order valence-electron chi connectivity index (χ4n) is 2.91. The topological polar surface area (TPSA) is 31.6 Å². The SMILES string of the molecule is CNCC1CN(C)CC(C)CN1Cc1ccco1. The van der Waals surface area contributed by atoms with Crippen molar-refractivity contribution in [1.82, 2.24) is 15.1 Å². The molecule has 0 bridgehead atoms. The Bertz CT molecular complexity index is 339. The molecular formula is C14H25N3O. The summed E-state index contributed by atoms with van der Waals surface area (Å²) < 4.78 is 5.49. The second-order valence-electron chi connectivity index (χ2n) is 5.55. The van der Waals surface area contributed by atoms with Gasteiger partial charge in [0.05, 0.1) is 12.8 Å². The van der Waals surface area contributed by atoms with Crippen molar-refractivity contribution in [2.45, 2.75) is 19.5 Å². The molecule has 1 fully saturated rings. The van der Waals surface area contributed by atoms with Gasteiger partial charge >= 0.3 is 0 Å². The maximum Gasteiger partial charge on any atom is 0.117 e. The summed E-state index contributed by atoms with van der Waals surface area (Å²) in [7, 11) is 4.24. The van der Waals surface area contributed by atoms with E-state index in [2.05, 4.69) is 35.2 Å². The first-order valence-electron chi connectivity index (χ1n) is 6.78. The Balaban J connectivity index is 2.06. The van der Waals surface area contributed by atoms with E-state index in [-0.39, 0.29) is 0 Å². The van der Waals surface area contributed by atoms with Gasteiger partial charge in [0.2, 0.25) is 0 Å². The van der Waals surface area contributed by atoms with Crippen LogP contribution in [0.4, 0.5) is 0 Å². The molecule has 4 heteroatoms. The summed E-state index contributed by atoms with van der Waals surface area (Å²) in [6.07, 6.45) is 1.76. The van der Waals surface area contributed by atoms with Gasteiger partial charge in [-0.05, 0) is 32.1 Å². The van der Waals surface area contributed by atoms with Gasteiger partial charge < -0.3 is 14.6 Å². The lowest BCUT2D eigenvalue weighted by Gasteiger charge is -2.30. The molecule has 1 aliphatic rings. The predicted octanol–water partition coefficient (Wildman–Crippen LogP) is 1.25. The lowest BCUT2D eigenvalue weighted by atomic mass is 10.1. The molecule has 0 saturated carbocycles. The molecule has 0 aromatic carbocycles. The van der Waals surface area contributed by atoms with Gasteiger partial charge in [-0.25, -0.2) is 0 Å². The lowest BCUT2D eigenvalue weighted by Crippen LogP contribution is -2.45. The zero-order valence-corrected chi connectivity index (χ0v) is 11.7. The average molecular weight is 251 g/mol. The van der Waals surface area contributed by atoms with Gasteiger partial charge in [-0.15, -0.1) is 0 Å². The van der Waals surface area contributed by atoms with Crippen LogP contribution >= 0.6 is 0 Å². The van der Waals surface area contributed by atoms with Gasteiger partial charge in [0.15, 0.2) is 0 Å². The lowest BCUT2D eigenvalue weighted by molar-refractivity contribution is 0.160. The fourth-order valence-corrected chi connectivity index (χ4v) is 2.91. The van der Waals surface area contributed by atoms with Crippen LogP contribution in [0.25, 0.3) is 0 Å². The summed E-state index contributed by atoms with van der Waals surface area (Å²) in [6.45, 7) is 7.70. The van der Waals surface area contributed by atoms with E-state index in [0.29, 0.717) is 12.0 Å². The first kappa shape index (κ1) is 13.6. The monoisotopic (exact) mass is 251 g/mol. The second kappa shape index (κ2) is 6.36.